The molecule has 3 heteroatoms. The van der Waals surface area contributed by atoms with Crippen LogP contribution in [0.3, 0.4) is 0 Å². The lowest BCUT2D eigenvalue weighted by molar-refractivity contribution is 0.112. The molecule has 0 saturated carbocycles. The van der Waals surface area contributed by atoms with E-state index >= 15 is 0 Å². The van der Waals surface area contributed by atoms with Crippen LogP contribution in [0.2, 0.25) is 0 Å². The fourth-order valence-electron chi connectivity index (χ4n) is 2.71. The van der Waals surface area contributed by atoms with E-state index in [1.807, 2.05) is 6.26 Å². The third-order valence-electron chi connectivity index (χ3n) is 3.78. The average Bonchev–Trinajstić information content (AvgIpc) is 2.40. The van der Waals surface area contributed by atoms with Gasteiger partial charge in [-0.25, -0.2) is 0 Å². The van der Waals surface area contributed by atoms with Crippen molar-refractivity contribution in [1.82, 2.24) is 10.2 Å². The van der Waals surface area contributed by atoms with Gasteiger partial charge in [-0.15, -0.1) is 0 Å². The molecule has 1 N–H and O–H groups in total. The van der Waals surface area contributed by atoms with E-state index in [4.69, 9.17) is 4.74 Å². The summed E-state index contributed by atoms with van der Waals surface area (Å²) in [6.45, 7) is 7.07. The minimum atomic E-state index is 0.397. The fourth-order valence-corrected chi connectivity index (χ4v) is 2.71. The van der Waals surface area contributed by atoms with Gasteiger partial charge in [-0.3, -0.25) is 0 Å². The summed E-state index contributed by atoms with van der Waals surface area (Å²) in [5.41, 5.74) is 0. The topological polar surface area (TPSA) is 24.5 Å². The minimum absolute atomic E-state index is 0.397. The van der Waals surface area contributed by atoms with Gasteiger partial charge in [0.15, 0.2) is 0 Å². The fraction of sp³-hybridized carbons (Fsp3) is 0.857. The molecule has 17 heavy (non-hydrogen) atoms. The molecule has 1 unspecified atom stereocenters. The second kappa shape index (κ2) is 7.02. The van der Waals surface area contributed by atoms with E-state index in [-0.39, 0.29) is 0 Å². The molecule has 2 heterocycles. The summed E-state index contributed by atoms with van der Waals surface area (Å²) in [6.07, 6.45) is 10.6. The van der Waals surface area contributed by atoms with Crippen molar-refractivity contribution in [2.24, 2.45) is 0 Å². The Hall–Kier alpha value is -0.540. The average molecular weight is 238 g/mol. The van der Waals surface area contributed by atoms with Gasteiger partial charge in [0.05, 0.1) is 6.26 Å². The van der Waals surface area contributed by atoms with Gasteiger partial charge in [0.25, 0.3) is 0 Å². The molecule has 98 valence electrons. The highest BCUT2D eigenvalue weighted by Gasteiger charge is 2.19. The lowest BCUT2D eigenvalue weighted by atomic mass is 10.0. The lowest BCUT2D eigenvalue weighted by Crippen LogP contribution is -2.45. The summed E-state index contributed by atoms with van der Waals surface area (Å²) >= 11 is 0. The van der Waals surface area contributed by atoms with E-state index in [1.54, 1.807) is 0 Å². The van der Waals surface area contributed by atoms with E-state index in [0.717, 1.165) is 13.0 Å². The van der Waals surface area contributed by atoms with Crippen LogP contribution < -0.4 is 5.32 Å². The molecule has 0 aromatic carbocycles. The first-order valence-corrected chi connectivity index (χ1v) is 7.14. The Bertz CT molecular complexity index is 234. The summed E-state index contributed by atoms with van der Waals surface area (Å²) in [4.78, 5) is 2.58. The van der Waals surface area contributed by atoms with Crippen molar-refractivity contribution in [3.05, 3.63) is 12.3 Å². The number of allylic oxidation sites excluding steroid dienone is 1. The Morgan fingerprint density at radius 3 is 2.76 bits per heavy atom. The van der Waals surface area contributed by atoms with Gasteiger partial charge >= 0.3 is 0 Å². The zero-order valence-corrected chi connectivity index (χ0v) is 11.0. The van der Waals surface area contributed by atoms with Gasteiger partial charge in [-0.2, -0.15) is 0 Å². The number of likely N-dealkylation sites (tertiary alicyclic amines) is 1. The molecule has 0 bridgehead atoms. The van der Waals surface area contributed by atoms with Crippen LogP contribution in [0.15, 0.2) is 12.3 Å². The number of piperidine rings is 1. The largest absolute Gasteiger partial charge is 0.497 e. The summed E-state index contributed by atoms with van der Waals surface area (Å²) in [5.74, 6) is 0. The van der Waals surface area contributed by atoms with Crippen molar-refractivity contribution in [1.29, 1.82) is 0 Å². The van der Waals surface area contributed by atoms with Crippen LogP contribution in [-0.4, -0.2) is 43.2 Å². The maximum atomic E-state index is 5.58. The van der Waals surface area contributed by atoms with Gasteiger partial charge in [0.2, 0.25) is 0 Å². The number of rotatable bonds is 5. The third-order valence-corrected chi connectivity index (χ3v) is 3.78. The van der Waals surface area contributed by atoms with Crippen LogP contribution >= 0.6 is 0 Å². The third kappa shape index (κ3) is 4.32. The predicted molar refractivity (Wildman–Crippen MR) is 71.0 cm³/mol. The predicted octanol–water partition coefficient (Wildman–Crippen LogP) is 2.14. The zero-order valence-electron chi connectivity index (χ0n) is 11.0. The first kappa shape index (κ1) is 12.9. The lowest BCUT2D eigenvalue weighted by Gasteiger charge is -2.33. The second-order valence-corrected chi connectivity index (χ2v) is 5.23. The van der Waals surface area contributed by atoms with Gasteiger partial charge < -0.3 is 15.0 Å². The highest BCUT2D eigenvalue weighted by molar-refractivity contribution is 4.84. The van der Waals surface area contributed by atoms with Crippen LogP contribution in [0.5, 0.6) is 0 Å². The summed E-state index contributed by atoms with van der Waals surface area (Å²) in [6, 6.07) is 0.706. The van der Waals surface area contributed by atoms with Crippen molar-refractivity contribution in [3.8, 4) is 0 Å². The number of hydrogen-bond donors (Lipinski definition) is 1. The van der Waals surface area contributed by atoms with Crippen LogP contribution in [0, 0.1) is 0 Å². The summed E-state index contributed by atoms with van der Waals surface area (Å²) in [5, 5.41) is 3.67. The molecule has 2 aliphatic heterocycles. The Kier molecular flexibility index (Phi) is 5.33. The van der Waals surface area contributed by atoms with Crippen molar-refractivity contribution >= 4 is 0 Å². The number of nitrogens with one attached hydrogen (secondary N) is 1. The highest BCUT2D eigenvalue weighted by Crippen LogP contribution is 2.13. The molecule has 0 aliphatic carbocycles. The first-order valence-electron chi connectivity index (χ1n) is 7.14. The van der Waals surface area contributed by atoms with Crippen LogP contribution in [-0.2, 0) is 4.74 Å². The number of nitrogens with zero attached hydrogens (tertiary/aromatic N) is 1. The molecular weight excluding hydrogens is 212 g/mol. The van der Waals surface area contributed by atoms with Gasteiger partial charge in [0, 0.05) is 12.6 Å². The first-order chi connectivity index (χ1) is 8.38. The van der Waals surface area contributed by atoms with E-state index < -0.39 is 0 Å². The number of hydrogen-bond acceptors (Lipinski definition) is 3. The molecule has 1 saturated heterocycles. The monoisotopic (exact) mass is 238 g/mol. The maximum Gasteiger partial charge on any atom is 0.110 e. The molecular formula is C14H26N2O. The molecule has 0 radical (unpaired) electrons. The molecule has 2 aliphatic rings. The van der Waals surface area contributed by atoms with Crippen molar-refractivity contribution in [3.63, 3.8) is 0 Å². The molecule has 3 nitrogen and oxygen atoms in total. The van der Waals surface area contributed by atoms with Gasteiger partial charge in [-0.1, -0.05) is 6.92 Å². The SMILES string of the molecule is CCCN1CCC(NCC2CCC=CO2)CC1. The van der Waals surface area contributed by atoms with Gasteiger partial charge in [0.1, 0.15) is 6.10 Å². The van der Waals surface area contributed by atoms with E-state index in [9.17, 15) is 0 Å². The second-order valence-electron chi connectivity index (χ2n) is 5.23. The van der Waals surface area contributed by atoms with E-state index in [1.165, 1.54) is 45.3 Å². The molecule has 1 atom stereocenters. The summed E-state index contributed by atoms with van der Waals surface area (Å²) < 4.78 is 5.58. The number of ether oxygens (including phenoxy) is 1. The quantitative estimate of drug-likeness (QED) is 0.794. The zero-order chi connectivity index (χ0) is 11.9. The van der Waals surface area contributed by atoms with E-state index in [0.29, 0.717) is 12.1 Å². The molecule has 2 rings (SSSR count). The normalized spacial score (nSPS) is 27.0. The molecule has 1 fully saturated rings. The molecule has 0 spiro atoms. The van der Waals surface area contributed by atoms with Crippen molar-refractivity contribution in [2.45, 2.75) is 51.2 Å². The van der Waals surface area contributed by atoms with Crippen LogP contribution in [0.1, 0.15) is 39.0 Å². The molecule has 0 aromatic rings. The highest BCUT2D eigenvalue weighted by atomic mass is 16.5. The smallest absolute Gasteiger partial charge is 0.110 e. The molecule has 0 amide bonds. The Labute approximate surface area is 105 Å². The molecule has 0 aromatic heterocycles. The van der Waals surface area contributed by atoms with Crippen LogP contribution in [0.25, 0.3) is 0 Å². The van der Waals surface area contributed by atoms with Crippen LogP contribution in [0.4, 0.5) is 0 Å². The Morgan fingerprint density at radius 1 is 1.29 bits per heavy atom. The summed E-state index contributed by atoms with van der Waals surface area (Å²) in [7, 11) is 0. The Morgan fingerprint density at radius 2 is 2.12 bits per heavy atom. The Balaban J connectivity index is 1.59. The van der Waals surface area contributed by atoms with E-state index in [2.05, 4.69) is 23.2 Å². The minimum Gasteiger partial charge on any atom is -0.497 e. The van der Waals surface area contributed by atoms with Crippen molar-refractivity contribution in [2.75, 3.05) is 26.2 Å². The standard InChI is InChI=1S/C14H26N2O/c1-2-8-16-9-6-13(7-10-16)15-12-14-5-3-4-11-17-14/h4,11,13-15H,2-3,5-10,12H2,1H3. The van der Waals surface area contributed by atoms with Gasteiger partial charge in [-0.05, 0) is 57.8 Å². The maximum absolute atomic E-state index is 5.58. The van der Waals surface area contributed by atoms with Crippen molar-refractivity contribution < 1.29 is 4.74 Å².